The molecule has 24 heavy (non-hydrogen) atoms. The summed E-state index contributed by atoms with van der Waals surface area (Å²) < 4.78 is 0. The predicted molar refractivity (Wildman–Crippen MR) is 93.8 cm³/mol. The minimum atomic E-state index is 0.257. The van der Waals surface area contributed by atoms with E-state index < -0.39 is 0 Å². The highest BCUT2D eigenvalue weighted by Crippen LogP contribution is 2.41. The number of carbonyl (C=O) groups excluding carboxylic acids is 1. The van der Waals surface area contributed by atoms with Crippen LogP contribution in [0.3, 0.4) is 0 Å². The van der Waals surface area contributed by atoms with Gasteiger partial charge in [-0.1, -0.05) is 0 Å². The Morgan fingerprint density at radius 2 is 2.00 bits per heavy atom. The summed E-state index contributed by atoms with van der Waals surface area (Å²) in [7, 11) is 0. The molecule has 3 heterocycles. The fraction of sp³-hybridized carbons (Fsp3) is 0.632. The topological polar surface area (TPSA) is 60.2 Å². The van der Waals surface area contributed by atoms with Gasteiger partial charge in [0.15, 0.2) is 0 Å². The Labute approximate surface area is 144 Å². The zero-order valence-corrected chi connectivity index (χ0v) is 14.9. The Morgan fingerprint density at radius 1 is 1.29 bits per heavy atom. The molecule has 5 nitrogen and oxygen atoms in total. The molecular formula is C19H26N4O. The first kappa shape index (κ1) is 16.8. The van der Waals surface area contributed by atoms with E-state index >= 15 is 0 Å². The molecule has 0 radical (unpaired) electrons. The van der Waals surface area contributed by atoms with Crippen LogP contribution in [0.1, 0.15) is 49.4 Å². The molecule has 2 saturated heterocycles. The summed E-state index contributed by atoms with van der Waals surface area (Å²) in [6, 6.07) is 4.24. The van der Waals surface area contributed by atoms with E-state index in [4.69, 9.17) is 0 Å². The molecular weight excluding hydrogens is 300 g/mol. The summed E-state index contributed by atoms with van der Waals surface area (Å²) in [5.74, 6) is 1.13. The van der Waals surface area contributed by atoms with E-state index in [2.05, 4.69) is 22.9 Å². The first-order valence-electron chi connectivity index (χ1n) is 8.89. The minimum Gasteiger partial charge on any atom is -0.355 e. The number of aromatic nitrogens is 1. The van der Waals surface area contributed by atoms with Crippen molar-refractivity contribution in [2.24, 2.45) is 5.41 Å². The van der Waals surface area contributed by atoms with Crippen LogP contribution in [0.5, 0.6) is 0 Å². The van der Waals surface area contributed by atoms with Gasteiger partial charge in [-0.2, -0.15) is 5.26 Å². The van der Waals surface area contributed by atoms with Crippen molar-refractivity contribution in [2.45, 2.75) is 46.5 Å². The molecule has 128 valence electrons. The van der Waals surface area contributed by atoms with Crippen LogP contribution >= 0.6 is 0 Å². The van der Waals surface area contributed by atoms with Crippen molar-refractivity contribution < 1.29 is 4.79 Å². The van der Waals surface area contributed by atoms with E-state index in [0.29, 0.717) is 17.9 Å². The lowest BCUT2D eigenvalue weighted by atomic mass is 9.72. The first-order chi connectivity index (χ1) is 11.5. The van der Waals surface area contributed by atoms with Crippen LogP contribution < -0.4 is 4.90 Å². The number of hydrogen-bond acceptors (Lipinski definition) is 4. The lowest BCUT2D eigenvalue weighted by molar-refractivity contribution is -0.137. The maximum Gasteiger partial charge on any atom is 0.222 e. The van der Waals surface area contributed by atoms with Gasteiger partial charge >= 0.3 is 0 Å². The molecule has 2 aliphatic heterocycles. The van der Waals surface area contributed by atoms with Crippen molar-refractivity contribution in [3.05, 3.63) is 22.9 Å². The van der Waals surface area contributed by atoms with E-state index in [0.717, 1.165) is 62.5 Å². The van der Waals surface area contributed by atoms with Gasteiger partial charge in [0.2, 0.25) is 5.91 Å². The van der Waals surface area contributed by atoms with Crippen LogP contribution in [0.4, 0.5) is 5.82 Å². The molecule has 1 aromatic rings. The second-order valence-corrected chi connectivity index (χ2v) is 7.27. The van der Waals surface area contributed by atoms with Crippen molar-refractivity contribution >= 4 is 11.7 Å². The molecule has 0 saturated carbocycles. The van der Waals surface area contributed by atoms with Crippen LogP contribution in [0.25, 0.3) is 0 Å². The predicted octanol–water partition coefficient (Wildman–Crippen LogP) is 2.80. The maximum atomic E-state index is 12.0. The van der Waals surface area contributed by atoms with Gasteiger partial charge in [-0.15, -0.1) is 0 Å². The average molecular weight is 326 g/mol. The van der Waals surface area contributed by atoms with Gasteiger partial charge in [0, 0.05) is 38.3 Å². The van der Waals surface area contributed by atoms with E-state index in [1.54, 1.807) is 0 Å². The minimum absolute atomic E-state index is 0.257. The number of carbonyl (C=O) groups is 1. The van der Waals surface area contributed by atoms with E-state index in [-0.39, 0.29) is 5.41 Å². The maximum absolute atomic E-state index is 12.0. The van der Waals surface area contributed by atoms with Crippen LogP contribution in [0, 0.1) is 30.6 Å². The van der Waals surface area contributed by atoms with Crippen molar-refractivity contribution in [1.29, 1.82) is 5.26 Å². The number of piperidine rings is 2. The number of nitrogens with zero attached hydrogens (tertiary/aromatic N) is 4. The Morgan fingerprint density at radius 3 is 2.62 bits per heavy atom. The summed E-state index contributed by atoms with van der Waals surface area (Å²) in [4.78, 5) is 20.9. The Balaban J connectivity index is 1.75. The van der Waals surface area contributed by atoms with Crippen molar-refractivity contribution in [2.75, 3.05) is 31.1 Å². The summed E-state index contributed by atoms with van der Waals surface area (Å²) in [5.41, 5.74) is 2.98. The SMILES string of the molecule is CCN1CC2(CCC1=O)CCN(c1nc(C)c(C)cc1C#N)CC2. The van der Waals surface area contributed by atoms with E-state index in [1.807, 2.05) is 24.8 Å². The number of rotatable bonds is 2. The highest BCUT2D eigenvalue weighted by atomic mass is 16.2. The number of nitriles is 1. The van der Waals surface area contributed by atoms with E-state index in [1.165, 1.54) is 0 Å². The molecule has 5 heteroatoms. The Hall–Kier alpha value is -2.09. The van der Waals surface area contributed by atoms with Crippen molar-refractivity contribution in [3.8, 4) is 6.07 Å². The Bertz CT molecular complexity index is 683. The number of amides is 1. The first-order valence-corrected chi connectivity index (χ1v) is 8.89. The number of anilines is 1. The van der Waals surface area contributed by atoms with Crippen molar-refractivity contribution in [1.82, 2.24) is 9.88 Å². The summed E-state index contributed by atoms with van der Waals surface area (Å²) in [6.45, 7) is 9.58. The molecule has 0 aromatic carbocycles. The fourth-order valence-corrected chi connectivity index (χ4v) is 4.01. The second kappa shape index (κ2) is 6.43. The van der Waals surface area contributed by atoms with Gasteiger partial charge in [0.05, 0.1) is 5.56 Å². The largest absolute Gasteiger partial charge is 0.355 e. The molecule has 2 aliphatic rings. The molecule has 3 rings (SSSR count). The monoisotopic (exact) mass is 326 g/mol. The van der Waals surface area contributed by atoms with Crippen LogP contribution in [0.15, 0.2) is 6.07 Å². The zero-order chi connectivity index (χ0) is 17.3. The summed E-state index contributed by atoms with van der Waals surface area (Å²) >= 11 is 0. The zero-order valence-electron chi connectivity index (χ0n) is 14.9. The van der Waals surface area contributed by atoms with Gasteiger partial charge in [-0.25, -0.2) is 4.98 Å². The van der Waals surface area contributed by atoms with Gasteiger partial charge in [0.25, 0.3) is 0 Å². The second-order valence-electron chi connectivity index (χ2n) is 7.27. The number of pyridine rings is 1. The normalized spacial score (nSPS) is 20.3. The standard InChI is InChI=1S/C19H26N4O/c1-4-22-13-19(6-5-17(22)24)7-9-23(10-8-19)18-16(12-20)11-14(2)15(3)21-18/h11H,4-10,13H2,1-3H3. The summed E-state index contributed by atoms with van der Waals surface area (Å²) in [5, 5.41) is 9.44. The van der Waals surface area contributed by atoms with Crippen LogP contribution in [-0.2, 0) is 4.79 Å². The fourth-order valence-electron chi connectivity index (χ4n) is 4.01. The molecule has 0 atom stereocenters. The van der Waals surface area contributed by atoms with Gasteiger partial charge in [-0.05, 0) is 57.1 Å². The molecule has 0 unspecified atom stereocenters. The van der Waals surface area contributed by atoms with Gasteiger partial charge in [-0.3, -0.25) is 4.79 Å². The number of aryl methyl sites for hydroxylation is 2. The molecule has 1 spiro atoms. The molecule has 0 aliphatic carbocycles. The molecule has 0 bridgehead atoms. The van der Waals surface area contributed by atoms with E-state index in [9.17, 15) is 10.1 Å². The third-order valence-corrected chi connectivity index (χ3v) is 5.82. The number of hydrogen-bond donors (Lipinski definition) is 0. The summed E-state index contributed by atoms with van der Waals surface area (Å²) in [6.07, 6.45) is 3.81. The molecule has 2 fully saturated rings. The van der Waals surface area contributed by atoms with Crippen molar-refractivity contribution in [3.63, 3.8) is 0 Å². The third-order valence-electron chi connectivity index (χ3n) is 5.82. The highest BCUT2D eigenvalue weighted by molar-refractivity contribution is 5.77. The third kappa shape index (κ3) is 2.98. The molecule has 1 amide bonds. The van der Waals surface area contributed by atoms with Crippen LogP contribution in [-0.4, -0.2) is 42.0 Å². The molecule has 0 N–H and O–H groups in total. The molecule has 1 aromatic heterocycles. The highest BCUT2D eigenvalue weighted by Gasteiger charge is 2.40. The van der Waals surface area contributed by atoms with Crippen LogP contribution in [0.2, 0.25) is 0 Å². The quantitative estimate of drug-likeness (QED) is 0.838. The smallest absolute Gasteiger partial charge is 0.222 e. The van der Waals surface area contributed by atoms with Gasteiger partial charge < -0.3 is 9.80 Å². The average Bonchev–Trinajstić information content (AvgIpc) is 2.60. The lowest BCUT2D eigenvalue weighted by Gasteiger charge is -2.47. The number of likely N-dealkylation sites (tertiary alicyclic amines) is 1. The van der Waals surface area contributed by atoms with Gasteiger partial charge in [0.1, 0.15) is 11.9 Å². The Kier molecular flexibility index (Phi) is 4.49. The lowest BCUT2D eigenvalue weighted by Crippen LogP contribution is -2.51.